The fourth-order valence-electron chi connectivity index (χ4n) is 12.3. The molecule has 8 rings (SSSR count). The molecule has 0 amide bonds. The van der Waals surface area contributed by atoms with Crippen LogP contribution in [-0.4, -0.2) is 0 Å². The summed E-state index contributed by atoms with van der Waals surface area (Å²) in [5.41, 5.74) is 0. The lowest BCUT2D eigenvalue weighted by molar-refractivity contribution is 0.196. The average molecular weight is 695 g/mol. The molecule has 0 atom stereocenters. The summed E-state index contributed by atoms with van der Waals surface area (Å²) in [6, 6.07) is 0. The highest BCUT2D eigenvalue weighted by Gasteiger charge is 2.26. The Labute approximate surface area is 317 Å². The molecule has 0 heteroatoms. The fourth-order valence-corrected chi connectivity index (χ4v) is 12.3. The van der Waals surface area contributed by atoms with Gasteiger partial charge < -0.3 is 0 Å². The van der Waals surface area contributed by atoms with Crippen LogP contribution < -0.4 is 0 Å². The molecule has 50 heavy (non-hydrogen) atoms. The molecular weight excluding hydrogens is 601 g/mol. The summed E-state index contributed by atoms with van der Waals surface area (Å²) in [4.78, 5) is 0. The Hall–Kier alpha value is 0. The van der Waals surface area contributed by atoms with E-state index in [9.17, 15) is 0 Å². The summed E-state index contributed by atoms with van der Waals surface area (Å²) in [7, 11) is 0. The van der Waals surface area contributed by atoms with Crippen molar-refractivity contribution in [3.8, 4) is 0 Å². The first-order chi connectivity index (χ1) is 24.8. The van der Waals surface area contributed by atoms with Crippen LogP contribution in [0.25, 0.3) is 0 Å². The maximum Gasteiger partial charge on any atom is -0.0386 e. The maximum atomic E-state index is 2.32. The molecule has 0 N–H and O–H groups in total. The second-order valence-corrected chi connectivity index (χ2v) is 19.4. The van der Waals surface area contributed by atoms with Gasteiger partial charge in [-0.05, 0) is 41.4 Å². The van der Waals surface area contributed by atoms with Gasteiger partial charge in [0.1, 0.15) is 0 Å². The molecule has 0 aromatic carbocycles. The molecule has 0 bridgehead atoms. The van der Waals surface area contributed by atoms with Crippen molar-refractivity contribution in [2.24, 2.45) is 41.4 Å². The van der Waals surface area contributed by atoms with Crippen molar-refractivity contribution in [3.63, 3.8) is 0 Å². The van der Waals surface area contributed by atoms with Crippen molar-refractivity contribution in [1.82, 2.24) is 0 Å². The van der Waals surface area contributed by atoms with Gasteiger partial charge in [-0.25, -0.2) is 0 Å². The van der Waals surface area contributed by atoms with E-state index in [4.69, 9.17) is 0 Å². The van der Waals surface area contributed by atoms with Gasteiger partial charge in [-0.1, -0.05) is 277 Å². The van der Waals surface area contributed by atoms with E-state index in [1.807, 2.05) is 0 Å². The Morgan fingerprint density at radius 1 is 0.200 bits per heavy atom. The number of hydrogen-bond donors (Lipinski definition) is 0. The minimum absolute atomic E-state index is 1.09. The zero-order valence-electron chi connectivity index (χ0n) is 34.7. The number of hydrogen-bond acceptors (Lipinski definition) is 0. The van der Waals surface area contributed by atoms with E-state index < -0.39 is 0 Å². The normalized spacial score (nSPS) is 27.5. The molecule has 0 heterocycles. The third kappa shape index (κ3) is 18.4. The molecule has 0 spiro atoms. The zero-order chi connectivity index (χ0) is 34.7. The Balaban J connectivity index is 0.000000143. The van der Waals surface area contributed by atoms with Crippen LogP contribution in [-0.2, 0) is 0 Å². The van der Waals surface area contributed by atoms with Crippen LogP contribution in [0.1, 0.15) is 277 Å². The smallest absolute Gasteiger partial charge is 0.0386 e. The van der Waals surface area contributed by atoms with Crippen molar-refractivity contribution in [2.75, 3.05) is 0 Å². The van der Waals surface area contributed by atoms with E-state index in [2.05, 4.69) is 6.92 Å². The average Bonchev–Trinajstić information content (AvgIpc) is 3.25. The monoisotopic (exact) mass is 695 g/mol. The van der Waals surface area contributed by atoms with E-state index in [0.717, 1.165) is 41.4 Å². The van der Waals surface area contributed by atoms with Crippen LogP contribution in [0.3, 0.4) is 0 Å². The second-order valence-electron chi connectivity index (χ2n) is 19.4. The SMILES string of the molecule is C1CCC(C2CCCCC2)CC1.C1CCC(C2CCCCC2)CC1.C1CCC(C2CCCCC2)CC1.C1CCCCC1.CCC1CCCCC1. The molecule has 0 radical (unpaired) electrons. The first kappa shape index (κ1) is 42.7. The van der Waals surface area contributed by atoms with Crippen LogP contribution in [0.4, 0.5) is 0 Å². The predicted octanol–water partition coefficient (Wildman–Crippen LogP) is 17.8. The lowest BCUT2D eigenvalue weighted by atomic mass is 9.73. The molecule has 8 aliphatic carbocycles. The summed E-state index contributed by atoms with van der Waals surface area (Å²) >= 11 is 0. The molecule has 8 aliphatic rings. The third-order valence-electron chi connectivity index (χ3n) is 15.7. The predicted molar refractivity (Wildman–Crippen MR) is 224 cm³/mol. The van der Waals surface area contributed by atoms with Crippen LogP contribution >= 0.6 is 0 Å². The maximum absolute atomic E-state index is 2.32. The van der Waals surface area contributed by atoms with E-state index >= 15 is 0 Å². The molecular formula is C50H94. The molecule has 0 aromatic rings. The van der Waals surface area contributed by atoms with Crippen LogP contribution in [0.2, 0.25) is 0 Å². The van der Waals surface area contributed by atoms with Gasteiger partial charge in [0.25, 0.3) is 0 Å². The summed E-state index contributed by atoms with van der Waals surface area (Å²) in [6.07, 6.45) is 64.1. The van der Waals surface area contributed by atoms with Gasteiger partial charge in [0, 0.05) is 0 Å². The summed E-state index contributed by atoms with van der Waals surface area (Å²) in [5.74, 6) is 7.91. The zero-order valence-corrected chi connectivity index (χ0v) is 34.7. The van der Waals surface area contributed by atoms with E-state index in [0.29, 0.717) is 0 Å². The summed E-state index contributed by atoms with van der Waals surface area (Å²) in [6.45, 7) is 2.32. The highest BCUT2D eigenvalue weighted by molar-refractivity contribution is 4.78. The fraction of sp³-hybridized carbons (Fsp3) is 1.00. The standard InChI is InChI=1S/3C12H22.C8H16.C6H12/c3*1-3-7-11(8-4-1)12-9-5-2-6-10-12;1-2-8-6-4-3-5-7-8;1-2-4-6-5-3-1/h3*11-12H,1-10H2;8H,2-7H2,1H3;1-6H2. The molecule has 8 fully saturated rings. The van der Waals surface area contributed by atoms with Gasteiger partial charge in [-0.2, -0.15) is 0 Å². The van der Waals surface area contributed by atoms with Gasteiger partial charge in [0.2, 0.25) is 0 Å². The molecule has 0 nitrogen and oxygen atoms in total. The Morgan fingerprint density at radius 3 is 0.480 bits per heavy atom. The lowest BCUT2D eigenvalue weighted by Crippen LogP contribution is -2.20. The Bertz CT molecular complexity index is 572. The first-order valence-electron chi connectivity index (χ1n) is 24.8. The summed E-state index contributed by atoms with van der Waals surface area (Å²) < 4.78 is 0. The van der Waals surface area contributed by atoms with Gasteiger partial charge >= 0.3 is 0 Å². The van der Waals surface area contributed by atoms with Crippen LogP contribution in [0.15, 0.2) is 0 Å². The number of rotatable bonds is 4. The van der Waals surface area contributed by atoms with Crippen molar-refractivity contribution in [1.29, 1.82) is 0 Å². The second kappa shape index (κ2) is 28.4. The summed E-state index contributed by atoms with van der Waals surface area (Å²) in [5, 5.41) is 0. The van der Waals surface area contributed by atoms with E-state index in [-0.39, 0.29) is 0 Å². The Kier molecular flexibility index (Phi) is 24.3. The van der Waals surface area contributed by atoms with Crippen LogP contribution in [0.5, 0.6) is 0 Å². The molecule has 8 saturated carbocycles. The van der Waals surface area contributed by atoms with Crippen molar-refractivity contribution in [2.45, 2.75) is 277 Å². The topological polar surface area (TPSA) is 0 Å². The highest BCUT2D eigenvalue weighted by Crippen LogP contribution is 2.40. The Morgan fingerprint density at radius 2 is 0.340 bits per heavy atom. The van der Waals surface area contributed by atoms with E-state index in [1.165, 1.54) is 193 Å². The molecule has 0 unspecified atom stereocenters. The minimum Gasteiger partial charge on any atom is -0.0651 e. The van der Waals surface area contributed by atoms with E-state index in [1.54, 1.807) is 77.0 Å². The van der Waals surface area contributed by atoms with Crippen molar-refractivity contribution < 1.29 is 0 Å². The third-order valence-corrected chi connectivity index (χ3v) is 15.7. The quantitative estimate of drug-likeness (QED) is 0.275. The molecule has 294 valence electrons. The van der Waals surface area contributed by atoms with Gasteiger partial charge in [0.15, 0.2) is 0 Å². The largest absolute Gasteiger partial charge is 0.0651 e. The van der Waals surface area contributed by atoms with Crippen molar-refractivity contribution >= 4 is 0 Å². The van der Waals surface area contributed by atoms with Gasteiger partial charge in [-0.15, -0.1) is 0 Å². The highest BCUT2D eigenvalue weighted by atomic mass is 14.3. The molecule has 0 aromatic heterocycles. The van der Waals surface area contributed by atoms with Crippen molar-refractivity contribution in [3.05, 3.63) is 0 Å². The minimum atomic E-state index is 1.09. The first-order valence-corrected chi connectivity index (χ1v) is 24.8. The molecule has 0 saturated heterocycles. The van der Waals surface area contributed by atoms with Gasteiger partial charge in [0.05, 0.1) is 0 Å². The van der Waals surface area contributed by atoms with Crippen LogP contribution in [0, 0.1) is 41.4 Å². The van der Waals surface area contributed by atoms with Gasteiger partial charge in [-0.3, -0.25) is 0 Å². The molecule has 0 aliphatic heterocycles. The lowest BCUT2D eigenvalue weighted by Gasteiger charge is -2.32.